The number of phenols is 1. The number of halogens is 1. The molecule has 0 radical (unpaired) electrons. The lowest BCUT2D eigenvalue weighted by Crippen LogP contribution is -2.22. The van der Waals surface area contributed by atoms with E-state index in [0.29, 0.717) is 13.0 Å². The summed E-state index contributed by atoms with van der Waals surface area (Å²) < 4.78 is 0. The summed E-state index contributed by atoms with van der Waals surface area (Å²) in [7, 11) is 0. The minimum atomic E-state index is 0.0317. The fraction of sp³-hybridized carbons (Fsp3) is 0.417. The Morgan fingerprint density at radius 3 is 2.75 bits per heavy atom. The van der Waals surface area contributed by atoms with E-state index in [1.165, 1.54) is 0 Å². The van der Waals surface area contributed by atoms with E-state index < -0.39 is 0 Å². The molecule has 0 atom stereocenters. The monoisotopic (exact) mass is 285 g/mol. The highest BCUT2D eigenvalue weighted by atomic mass is 79.9. The second kappa shape index (κ2) is 7.28. The van der Waals surface area contributed by atoms with Crippen molar-refractivity contribution < 1.29 is 9.90 Å². The molecule has 1 aromatic rings. The summed E-state index contributed by atoms with van der Waals surface area (Å²) in [4.78, 5) is 11.4. The molecular weight excluding hydrogens is 270 g/mol. The van der Waals surface area contributed by atoms with E-state index in [0.717, 1.165) is 23.7 Å². The second-order valence-corrected chi connectivity index (χ2v) is 4.34. The Morgan fingerprint density at radius 2 is 2.06 bits per heavy atom. The van der Waals surface area contributed by atoms with E-state index in [2.05, 4.69) is 21.2 Å². The third kappa shape index (κ3) is 4.66. The van der Waals surface area contributed by atoms with Crippen molar-refractivity contribution >= 4 is 21.8 Å². The van der Waals surface area contributed by atoms with Crippen LogP contribution in [0.25, 0.3) is 0 Å². The number of carbonyl (C=O) groups excluding carboxylic acids is 1. The van der Waals surface area contributed by atoms with Crippen molar-refractivity contribution in [1.82, 2.24) is 5.32 Å². The maximum Gasteiger partial charge on any atom is 0.220 e. The highest BCUT2D eigenvalue weighted by molar-refractivity contribution is 9.09. The van der Waals surface area contributed by atoms with Gasteiger partial charge in [-0.05, 0) is 18.9 Å². The fourth-order valence-electron chi connectivity index (χ4n) is 1.32. The van der Waals surface area contributed by atoms with Crippen LogP contribution in [0.2, 0.25) is 0 Å². The highest BCUT2D eigenvalue weighted by Crippen LogP contribution is 2.14. The van der Waals surface area contributed by atoms with Gasteiger partial charge in [0.1, 0.15) is 5.75 Å². The number of hydrogen-bond acceptors (Lipinski definition) is 2. The predicted octanol–water partition coefficient (Wildman–Crippen LogP) is 2.57. The average Bonchev–Trinajstić information content (AvgIpc) is 2.28. The van der Waals surface area contributed by atoms with Crippen molar-refractivity contribution in [2.45, 2.75) is 25.8 Å². The first kappa shape index (κ1) is 13.0. The van der Waals surface area contributed by atoms with Crippen LogP contribution in [0.1, 0.15) is 24.8 Å². The largest absolute Gasteiger partial charge is 0.508 e. The highest BCUT2D eigenvalue weighted by Gasteiger charge is 2.03. The number of aromatic hydroxyl groups is 1. The molecule has 0 aliphatic carbocycles. The van der Waals surface area contributed by atoms with Crippen molar-refractivity contribution in [3.63, 3.8) is 0 Å². The van der Waals surface area contributed by atoms with Crippen LogP contribution >= 0.6 is 15.9 Å². The molecule has 0 saturated carbocycles. The Hall–Kier alpha value is -1.03. The van der Waals surface area contributed by atoms with Gasteiger partial charge in [0.05, 0.1) is 0 Å². The smallest absolute Gasteiger partial charge is 0.220 e. The van der Waals surface area contributed by atoms with Gasteiger partial charge in [0.2, 0.25) is 5.91 Å². The van der Waals surface area contributed by atoms with Gasteiger partial charge in [-0.15, -0.1) is 0 Å². The van der Waals surface area contributed by atoms with E-state index in [1.807, 2.05) is 6.07 Å². The number of unbranched alkanes of at least 4 members (excludes halogenated alkanes) is 1. The third-order valence-corrected chi connectivity index (χ3v) is 2.82. The van der Waals surface area contributed by atoms with Crippen LogP contribution in [0.4, 0.5) is 0 Å². The molecule has 4 heteroatoms. The van der Waals surface area contributed by atoms with Crippen molar-refractivity contribution in [3.05, 3.63) is 29.8 Å². The lowest BCUT2D eigenvalue weighted by Gasteiger charge is -2.06. The molecule has 0 fully saturated rings. The van der Waals surface area contributed by atoms with Gasteiger partial charge in [-0.3, -0.25) is 4.79 Å². The molecule has 1 rings (SSSR count). The van der Waals surface area contributed by atoms with E-state index >= 15 is 0 Å². The van der Waals surface area contributed by atoms with Gasteiger partial charge in [0.25, 0.3) is 0 Å². The minimum Gasteiger partial charge on any atom is -0.508 e. The summed E-state index contributed by atoms with van der Waals surface area (Å²) in [5, 5.41) is 13.2. The average molecular weight is 286 g/mol. The van der Waals surface area contributed by atoms with Crippen LogP contribution < -0.4 is 5.32 Å². The van der Waals surface area contributed by atoms with Crippen LogP contribution in [0.15, 0.2) is 24.3 Å². The number of benzene rings is 1. The SMILES string of the molecule is O=C(CCCCBr)NCc1ccccc1O. The summed E-state index contributed by atoms with van der Waals surface area (Å²) in [5.74, 6) is 0.257. The molecule has 1 aromatic carbocycles. The summed E-state index contributed by atoms with van der Waals surface area (Å²) in [6.45, 7) is 0.389. The zero-order valence-corrected chi connectivity index (χ0v) is 10.7. The molecule has 0 aromatic heterocycles. The lowest BCUT2D eigenvalue weighted by molar-refractivity contribution is -0.121. The summed E-state index contributed by atoms with van der Waals surface area (Å²) in [6, 6.07) is 7.02. The summed E-state index contributed by atoms with van der Waals surface area (Å²) >= 11 is 3.32. The molecule has 3 nitrogen and oxygen atoms in total. The number of nitrogens with one attached hydrogen (secondary N) is 1. The minimum absolute atomic E-state index is 0.0317. The van der Waals surface area contributed by atoms with Crippen LogP contribution in [0.3, 0.4) is 0 Å². The van der Waals surface area contributed by atoms with Gasteiger partial charge in [-0.25, -0.2) is 0 Å². The van der Waals surface area contributed by atoms with Gasteiger partial charge < -0.3 is 10.4 Å². The van der Waals surface area contributed by atoms with E-state index in [1.54, 1.807) is 18.2 Å². The van der Waals surface area contributed by atoms with E-state index in [4.69, 9.17) is 0 Å². The summed E-state index contributed by atoms with van der Waals surface area (Å²) in [6.07, 6.45) is 2.43. The first-order valence-corrected chi connectivity index (χ1v) is 6.45. The van der Waals surface area contributed by atoms with E-state index in [9.17, 15) is 9.90 Å². The molecule has 0 heterocycles. The number of carbonyl (C=O) groups is 1. The molecule has 16 heavy (non-hydrogen) atoms. The first-order valence-electron chi connectivity index (χ1n) is 5.33. The normalized spacial score (nSPS) is 10.1. The number of amides is 1. The molecule has 0 unspecified atom stereocenters. The maximum atomic E-state index is 11.4. The molecule has 0 aliphatic heterocycles. The Bertz CT molecular complexity index is 342. The fourth-order valence-corrected chi connectivity index (χ4v) is 1.72. The number of para-hydroxylation sites is 1. The van der Waals surface area contributed by atoms with Crippen molar-refractivity contribution in [2.24, 2.45) is 0 Å². The zero-order chi connectivity index (χ0) is 11.8. The van der Waals surface area contributed by atoms with Gasteiger partial charge in [-0.2, -0.15) is 0 Å². The number of phenolic OH excluding ortho intramolecular Hbond substituents is 1. The standard InChI is InChI=1S/C12H16BrNO2/c13-8-4-3-7-12(16)14-9-10-5-1-2-6-11(10)15/h1-2,5-6,15H,3-4,7-9H2,(H,14,16). The molecule has 0 aliphatic rings. The van der Waals surface area contributed by atoms with Crippen molar-refractivity contribution in [3.8, 4) is 5.75 Å². The van der Waals surface area contributed by atoms with Crippen LogP contribution in [0.5, 0.6) is 5.75 Å². The van der Waals surface area contributed by atoms with Crippen molar-refractivity contribution in [2.75, 3.05) is 5.33 Å². The first-order chi connectivity index (χ1) is 7.74. The maximum absolute atomic E-state index is 11.4. The Morgan fingerprint density at radius 1 is 1.31 bits per heavy atom. The van der Waals surface area contributed by atoms with Gasteiger partial charge >= 0.3 is 0 Å². The second-order valence-electron chi connectivity index (χ2n) is 3.55. The van der Waals surface area contributed by atoms with Crippen LogP contribution in [-0.4, -0.2) is 16.3 Å². The lowest BCUT2D eigenvalue weighted by atomic mass is 10.2. The zero-order valence-electron chi connectivity index (χ0n) is 9.08. The van der Waals surface area contributed by atoms with Gasteiger partial charge in [-0.1, -0.05) is 34.1 Å². The van der Waals surface area contributed by atoms with Crippen LogP contribution in [-0.2, 0) is 11.3 Å². The molecule has 1 amide bonds. The predicted molar refractivity (Wildman–Crippen MR) is 67.6 cm³/mol. The summed E-state index contributed by atoms with van der Waals surface area (Å²) in [5.41, 5.74) is 0.747. The molecule has 0 bridgehead atoms. The molecule has 0 spiro atoms. The Kier molecular flexibility index (Phi) is 5.93. The van der Waals surface area contributed by atoms with Gasteiger partial charge in [0, 0.05) is 23.9 Å². The van der Waals surface area contributed by atoms with Crippen molar-refractivity contribution in [1.29, 1.82) is 0 Å². The van der Waals surface area contributed by atoms with E-state index in [-0.39, 0.29) is 11.7 Å². The third-order valence-electron chi connectivity index (χ3n) is 2.26. The quantitative estimate of drug-likeness (QED) is 0.623. The molecular formula is C12H16BrNO2. The Labute approximate surface area is 104 Å². The molecule has 2 N–H and O–H groups in total. The number of alkyl halides is 1. The number of hydrogen-bond donors (Lipinski definition) is 2. The molecule has 0 saturated heterocycles. The van der Waals surface area contributed by atoms with Crippen LogP contribution in [0, 0.1) is 0 Å². The number of rotatable bonds is 6. The Balaban J connectivity index is 2.29. The molecule has 88 valence electrons. The topological polar surface area (TPSA) is 49.3 Å². The van der Waals surface area contributed by atoms with Gasteiger partial charge in [0.15, 0.2) is 0 Å².